The van der Waals surface area contributed by atoms with Crippen LogP contribution in [0.25, 0.3) is 0 Å². The molecule has 4 aromatic carbocycles. The van der Waals surface area contributed by atoms with Gasteiger partial charge in [0.25, 0.3) is 15.9 Å². The highest BCUT2D eigenvalue weighted by Crippen LogP contribution is 2.37. The van der Waals surface area contributed by atoms with Crippen LogP contribution in [0.3, 0.4) is 0 Å². The minimum atomic E-state index is -5.00. The standard InChI is InChI=1S/C38H39F3N2O9S/c1-3-4-5-6-7-22-51-30-18-12-28(13-19-30)37(47)52-31-16-8-26(9-17-31)24-43(25-35(44)45)36(46)27-10-14-29(15-11-27)42-53(48,49)34-21-20-32(50-2)23-33(34)38(39,40)41/h8-21,23,42H,3-7,22,24-25H2,1-2H3,(H,44,45). The number of sulfonamides is 1. The number of rotatable bonds is 18. The third-order valence-corrected chi connectivity index (χ3v) is 9.33. The molecule has 0 spiro atoms. The Balaban J connectivity index is 1.37. The Morgan fingerprint density at radius 2 is 1.40 bits per heavy atom. The quantitative estimate of drug-likeness (QED) is 0.0589. The van der Waals surface area contributed by atoms with E-state index in [1.165, 1.54) is 55.7 Å². The number of hydrogen-bond acceptors (Lipinski definition) is 8. The summed E-state index contributed by atoms with van der Waals surface area (Å²) in [5.41, 5.74) is -0.750. The third-order valence-electron chi connectivity index (χ3n) is 7.89. The van der Waals surface area contributed by atoms with E-state index in [1.807, 2.05) is 0 Å². The van der Waals surface area contributed by atoms with E-state index in [4.69, 9.17) is 14.2 Å². The van der Waals surface area contributed by atoms with E-state index < -0.39 is 51.0 Å². The van der Waals surface area contributed by atoms with Crippen LogP contribution in [0.15, 0.2) is 95.9 Å². The molecule has 0 heterocycles. The number of amides is 1. The first-order valence-corrected chi connectivity index (χ1v) is 18.1. The molecular weight excluding hydrogens is 717 g/mol. The van der Waals surface area contributed by atoms with Crippen LogP contribution in [0.5, 0.6) is 17.2 Å². The summed E-state index contributed by atoms with van der Waals surface area (Å²) in [6.07, 6.45) is 0.598. The lowest BCUT2D eigenvalue weighted by atomic mass is 10.1. The second-order valence-electron chi connectivity index (χ2n) is 11.9. The number of carboxylic acids is 1. The topological polar surface area (TPSA) is 149 Å². The first-order valence-electron chi connectivity index (χ1n) is 16.6. The van der Waals surface area contributed by atoms with Gasteiger partial charge in [0.15, 0.2) is 0 Å². The molecule has 4 rings (SSSR count). The predicted molar refractivity (Wildman–Crippen MR) is 190 cm³/mol. The average molecular weight is 757 g/mol. The van der Waals surface area contributed by atoms with Crippen LogP contribution in [0.1, 0.15) is 70.9 Å². The first kappa shape index (κ1) is 40.2. The summed E-state index contributed by atoms with van der Waals surface area (Å²) in [5.74, 6) is -1.92. The predicted octanol–water partition coefficient (Wildman–Crippen LogP) is 7.81. The molecule has 0 aliphatic heterocycles. The fourth-order valence-electron chi connectivity index (χ4n) is 5.16. The number of alkyl halides is 3. The number of aliphatic carboxylic acids is 1. The van der Waals surface area contributed by atoms with Crippen molar-refractivity contribution in [3.05, 3.63) is 113 Å². The minimum Gasteiger partial charge on any atom is -0.497 e. The molecule has 0 aromatic heterocycles. The van der Waals surface area contributed by atoms with Gasteiger partial charge in [-0.25, -0.2) is 13.2 Å². The zero-order chi connectivity index (χ0) is 38.6. The van der Waals surface area contributed by atoms with Crippen LogP contribution in [0.2, 0.25) is 0 Å². The Kier molecular flexibility index (Phi) is 13.9. The Morgan fingerprint density at radius 3 is 2.00 bits per heavy atom. The SMILES string of the molecule is CCCCCCCOc1ccc(C(=O)Oc2ccc(CN(CC(=O)O)C(=O)c3ccc(NS(=O)(=O)c4ccc(OC)cc4C(F)(F)F)cc3)cc2)cc1. The molecule has 0 saturated heterocycles. The molecule has 4 aromatic rings. The maximum Gasteiger partial charge on any atom is 0.417 e. The van der Waals surface area contributed by atoms with Gasteiger partial charge in [-0.15, -0.1) is 0 Å². The summed E-state index contributed by atoms with van der Waals surface area (Å²) in [7, 11) is -3.58. The summed E-state index contributed by atoms with van der Waals surface area (Å²) < 4.78 is 84.9. The highest BCUT2D eigenvalue weighted by atomic mass is 32.2. The largest absolute Gasteiger partial charge is 0.497 e. The van der Waals surface area contributed by atoms with Gasteiger partial charge >= 0.3 is 18.1 Å². The zero-order valence-electron chi connectivity index (χ0n) is 29.0. The van der Waals surface area contributed by atoms with E-state index in [1.54, 1.807) is 36.4 Å². The monoisotopic (exact) mass is 756 g/mol. The van der Waals surface area contributed by atoms with Gasteiger partial charge in [0.1, 0.15) is 23.8 Å². The number of methoxy groups -OCH3 is 1. The summed E-state index contributed by atoms with van der Waals surface area (Å²) in [6.45, 7) is 1.92. The maximum absolute atomic E-state index is 13.6. The molecule has 0 aliphatic rings. The van der Waals surface area contributed by atoms with Crippen molar-refractivity contribution in [3.63, 3.8) is 0 Å². The van der Waals surface area contributed by atoms with Crippen molar-refractivity contribution in [3.8, 4) is 17.2 Å². The smallest absolute Gasteiger partial charge is 0.417 e. The van der Waals surface area contributed by atoms with Gasteiger partial charge < -0.3 is 24.2 Å². The van der Waals surface area contributed by atoms with Crippen molar-refractivity contribution in [2.75, 3.05) is 25.0 Å². The van der Waals surface area contributed by atoms with E-state index in [0.717, 1.165) is 37.0 Å². The lowest BCUT2D eigenvalue weighted by Gasteiger charge is -2.21. The van der Waals surface area contributed by atoms with Gasteiger partial charge in [-0.2, -0.15) is 13.2 Å². The number of nitrogens with one attached hydrogen (secondary N) is 1. The van der Waals surface area contributed by atoms with Gasteiger partial charge in [0.2, 0.25) is 0 Å². The number of esters is 1. The summed E-state index contributed by atoms with van der Waals surface area (Å²) in [4.78, 5) is 37.7. The molecule has 11 nitrogen and oxygen atoms in total. The van der Waals surface area contributed by atoms with E-state index in [-0.39, 0.29) is 29.3 Å². The molecule has 0 unspecified atom stereocenters. The highest BCUT2D eigenvalue weighted by Gasteiger charge is 2.38. The lowest BCUT2D eigenvalue weighted by molar-refractivity contribution is -0.140. The molecule has 0 bridgehead atoms. The number of halogens is 3. The van der Waals surface area contributed by atoms with E-state index >= 15 is 0 Å². The van der Waals surface area contributed by atoms with Crippen LogP contribution in [0.4, 0.5) is 18.9 Å². The van der Waals surface area contributed by atoms with E-state index in [0.29, 0.717) is 29.5 Å². The summed E-state index contributed by atoms with van der Waals surface area (Å²) in [5, 5.41) is 9.48. The van der Waals surface area contributed by atoms with Crippen molar-refractivity contribution in [2.24, 2.45) is 0 Å². The number of nitrogens with zero attached hydrogens (tertiary/aromatic N) is 1. The lowest BCUT2D eigenvalue weighted by Crippen LogP contribution is -2.35. The molecule has 0 fully saturated rings. The number of carbonyl (C=O) groups is 3. The molecule has 0 aliphatic carbocycles. The van der Waals surface area contributed by atoms with Crippen molar-refractivity contribution >= 4 is 33.6 Å². The van der Waals surface area contributed by atoms with Crippen LogP contribution in [-0.2, 0) is 27.5 Å². The molecule has 2 N–H and O–H groups in total. The van der Waals surface area contributed by atoms with Gasteiger partial charge in [-0.05, 0) is 90.8 Å². The number of carboxylic acid groups (broad SMARTS) is 1. The molecule has 1 amide bonds. The summed E-state index contributed by atoms with van der Waals surface area (Å²) in [6, 6.07) is 19.9. The van der Waals surface area contributed by atoms with Crippen molar-refractivity contribution in [1.29, 1.82) is 0 Å². The average Bonchev–Trinajstić information content (AvgIpc) is 3.13. The second-order valence-corrected chi connectivity index (χ2v) is 13.6. The molecule has 15 heteroatoms. The van der Waals surface area contributed by atoms with Crippen LogP contribution < -0.4 is 18.9 Å². The molecule has 282 valence electrons. The first-order chi connectivity index (χ1) is 25.2. The number of carbonyl (C=O) groups excluding carboxylic acids is 2. The van der Waals surface area contributed by atoms with Crippen LogP contribution in [-0.4, -0.2) is 56.5 Å². The Hall–Kier alpha value is -5.57. The number of benzene rings is 4. The van der Waals surface area contributed by atoms with Crippen LogP contribution >= 0.6 is 0 Å². The molecule has 53 heavy (non-hydrogen) atoms. The van der Waals surface area contributed by atoms with Gasteiger partial charge in [-0.1, -0.05) is 44.7 Å². The van der Waals surface area contributed by atoms with Gasteiger partial charge in [0, 0.05) is 17.8 Å². The van der Waals surface area contributed by atoms with E-state index in [2.05, 4.69) is 11.6 Å². The normalized spacial score (nSPS) is 11.4. The summed E-state index contributed by atoms with van der Waals surface area (Å²) >= 11 is 0. The number of hydrogen-bond donors (Lipinski definition) is 2. The zero-order valence-corrected chi connectivity index (χ0v) is 29.8. The third kappa shape index (κ3) is 11.7. The fraction of sp³-hybridized carbons (Fsp3) is 0.289. The van der Waals surface area contributed by atoms with E-state index in [9.17, 15) is 41.1 Å². The highest BCUT2D eigenvalue weighted by molar-refractivity contribution is 7.92. The number of ether oxygens (including phenoxy) is 3. The van der Waals surface area contributed by atoms with Crippen molar-refractivity contribution in [1.82, 2.24) is 4.90 Å². The van der Waals surface area contributed by atoms with Crippen molar-refractivity contribution in [2.45, 2.75) is 56.6 Å². The van der Waals surface area contributed by atoms with Crippen molar-refractivity contribution < 1.29 is 55.3 Å². The second kappa shape index (κ2) is 18.3. The number of anilines is 1. The Morgan fingerprint density at radius 1 is 0.792 bits per heavy atom. The fourth-order valence-corrected chi connectivity index (χ4v) is 6.43. The maximum atomic E-state index is 13.6. The van der Waals surface area contributed by atoms with Gasteiger partial charge in [-0.3, -0.25) is 14.3 Å². The molecule has 0 saturated carbocycles. The minimum absolute atomic E-state index is 0.0106. The number of unbranched alkanes of at least 4 members (excludes halogenated alkanes) is 4. The Bertz CT molecular complexity index is 1970. The van der Waals surface area contributed by atoms with Crippen LogP contribution in [0, 0.1) is 0 Å². The molecule has 0 radical (unpaired) electrons. The molecule has 0 atom stereocenters. The van der Waals surface area contributed by atoms with Gasteiger partial charge in [0.05, 0.1) is 29.7 Å². The Labute approximate surface area is 305 Å². The molecular formula is C38H39F3N2O9S.